The molecular weight excluding hydrogens is 244 g/mol. The number of amides is 1. The summed E-state index contributed by atoms with van der Waals surface area (Å²) in [6, 6.07) is -0.226. The maximum Gasteiger partial charge on any atom is 0.319 e. The van der Waals surface area contributed by atoms with Gasteiger partial charge in [-0.05, 0) is 27.2 Å². The van der Waals surface area contributed by atoms with Gasteiger partial charge in [0.2, 0.25) is 5.91 Å². The molecule has 0 spiro atoms. The number of methoxy groups -OCH3 is 1. The Morgan fingerprint density at radius 3 is 2.32 bits per heavy atom. The van der Waals surface area contributed by atoms with Crippen LogP contribution < -0.4 is 5.32 Å². The lowest BCUT2D eigenvalue weighted by atomic mass is 10.2. The number of hydrogen-bond acceptors (Lipinski definition) is 4. The maximum absolute atomic E-state index is 12.0. The largest absolute Gasteiger partial charge is 0.468 e. The second kappa shape index (κ2) is 9.78. The van der Waals surface area contributed by atoms with Crippen LogP contribution in [0.5, 0.6) is 0 Å². The van der Waals surface area contributed by atoms with Crippen molar-refractivity contribution < 1.29 is 14.3 Å². The zero-order chi connectivity index (χ0) is 14.8. The van der Waals surface area contributed by atoms with Crippen molar-refractivity contribution >= 4 is 11.9 Å². The molecule has 0 saturated heterocycles. The highest BCUT2D eigenvalue weighted by Gasteiger charge is 2.25. The summed E-state index contributed by atoms with van der Waals surface area (Å²) in [5, 5.41) is 2.91. The Hall–Kier alpha value is -1.10. The van der Waals surface area contributed by atoms with E-state index in [0.717, 1.165) is 19.3 Å². The summed E-state index contributed by atoms with van der Waals surface area (Å²) in [4.78, 5) is 25.2. The van der Waals surface area contributed by atoms with E-state index in [2.05, 4.69) is 17.0 Å². The number of unbranched alkanes of at least 4 members (excludes halogenated alkanes) is 2. The van der Waals surface area contributed by atoms with Crippen molar-refractivity contribution in [1.82, 2.24) is 10.2 Å². The van der Waals surface area contributed by atoms with Crippen molar-refractivity contribution in [3.8, 4) is 0 Å². The fraction of sp³-hybridized carbons (Fsp3) is 0.857. The number of rotatable bonds is 9. The van der Waals surface area contributed by atoms with Crippen molar-refractivity contribution in [3.05, 3.63) is 0 Å². The van der Waals surface area contributed by atoms with Crippen LogP contribution in [0.3, 0.4) is 0 Å². The van der Waals surface area contributed by atoms with Crippen LogP contribution in [0.4, 0.5) is 0 Å². The van der Waals surface area contributed by atoms with Crippen LogP contribution in [-0.4, -0.2) is 49.1 Å². The molecule has 0 aliphatic rings. The molecule has 1 atom stereocenters. The van der Waals surface area contributed by atoms with Crippen LogP contribution in [0, 0.1) is 0 Å². The van der Waals surface area contributed by atoms with E-state index in [1.807, 2.05) is 25.7 Å². The molecule has 19 heavy (non-hydrogen) atoms. The molecule has 0 aromatic heterocycles. The van der Waals surface area contributed by atoms with Crippen molar-refractivity contribution in [1.29, 1.82) is 0 Å². The Balaban J connectivity index is 4.33. The smallest absolute Gasteiger partial charge is 0.319 e. The van der Waals surface area contributed by atoms with Gasteiger partial charge in [-0.2, -0.15) is 0 Å². The molecule has 5 heteroatoms. The number of esters is 1. The molecule has 1 unspecified atom stereocenters. The van der Waals surface area contributed by atoms with Gasteiger partial charge in [0, 0.05) is 12.6 Å². The fourth-order valence-electron chi connectivity index (χ4n) is 1.87. The van der Waals surface area contributed by atoms with Gasteiger partial charge in [-0.1, -0.05) is 19.8 Å². The van der Waals surface area contributed by atoms with E-state index in [1.165, 1.54) is 7.11 Å². The third-order valence-electron chi connectivity index (χ3n) is 3.16. The van der Waals surface area contributed by atoms with Gasteiger partial charge in [0.25, 0.3) is 0 Å². The predicted molar refractivity (Wildman–Crippen MR) is 75.9 cm³/mol. The van der Waals surface area contributed by atoms with Gasteiger partial charge in [0.15, 0.2) is 0 Å². The first kappa shape index (κ1) is 17.9. The Kier molecular flexibility index (Phi) is 9.21. The number of ether oxygens (including phenoxy) is 1. The summed E-state index contributed by atoms with van der Waals surface area (Å²) in [5.74, 6) is -0.354. The minimum atomic E-state index is -0.333. The quantitative estimate of drug-likeness (QED) is 0.511. The molecule has 0 radical (unpaired) electrons. The second-order valence-electron chi connectivity index (χ2n) is 5.02. The van der Waals surface area contributed by atoms with Crippen molar-refractivity contribution in [2.24, 2.45) is 0 Å². The summed E-state index contributed by atoms with van der Waals surface area (Å²) in [5.41, 5.74) is 0. The van der Waals surface area contributed by atoms with E-state index < -0.39 is 0 Å². The minimum Gasteiger partial charge on any atom is -0.468 e. The summed E-state index contributed by atoms with van der Waals surface area (Å²) in [6.07, 6.45) is 3.24. The second-order valence-corrected chi connectivity index (χ2v) is 5.02. The highest BCUT2D eigenvalue weighted by molar-refractivity contribution is 5.82. The van der Waals surface area contributed by atoms with Crippen molar-refractivity contribution in [2.45, 2.75) is 59.0 Å². The topological polar surface area (TPSA) is 58.6 Å². The number of nitrogens with one attached hydrogen (secondary N) is 1. The Bertz CT molecular complexity index is 280. The van der Waals surface area contributed by atoms with E-state index in [9.17, 15) is 9.59 Å². The first-order chi connectivity index (χ1) is 8.93. The molecule has 5 nitrogen and oxygen atoms in total. The highest BCUT2D eigenvalue weighted by Crippen LogP contribution is 2.06. The van der Waals surface area contributed by atoms with Gasteiger partial charge in [0.1, 0.15) is 0 Å². The van der Waals surface area contributed by atoms with Crippen molar-refractivity contribution in [2.75, 3.05) is 20.2 Å². The van der Waals surface area contributed by atoms with Crippen LogP contribution in [0.25, 0.3) is 0 Å². The number of hydrogen-bond donors (Lipinski definition) is 1. The van der Waals surface area contributed by atoms with Gasteiger partial charge in [-0.15, -0.1) is 0 Å². The van der Waals surface area contributed by atoms with Crippen LogP contribution in [-0.2, 0) is 14.3 Å². The van der Waals surface area contributed by atoms with Gasteiger partial charge in [0.05, 0.1) is 19.7 Å². The lowest BCUT2D eigenvalue weighted by molar-refractivity contribution is -0.144. The number of carbonyl (C=O) groups excluding carboxylic acids is 2. The van der Waals surface area contributed by atoms with E-state index >= 15 is 0 Å². The van der Waals surface area contributed by atoms with Gasteiger partial charge < -0.3 is 10.1 Å². The van der Waals surface area contributed by atoms with E-state index in [1.54, 1.807) is 0 Å². The molecule has 0 fully saturated rings. The zero-order valence-corrected chi connectivity index (χ0v) is 12.9. The van der Waals surface area contributed by atoms with E-state index in [-0.39, 0.29) is 30.5 Å². The average molecular weight is 272 g/mol. The molecule has 0 aromatic rings. The van der Waals surface area contributed by atoms with Gasteiger partial charge >= 0.3 is 5.97 Å². The molecule has 0 aliphatic carbocycles. The molecule has 0 aromatic carbocycles. The lowest BCUT2D eigenvalue weighted by Crippen LogP contribution is -2.50. The zero-order valence-electron chi connectivity index (χ0n) is 12.9. The third kappa shape index (κ3) is 7.15. The maximum atomic E-state index is 12.0. The van der Waals surface area contributed by atoms with Gasteiger partial charge in [-0.25, -0.2) is 0 Å². The van der Waals surface area contributed by atoms with Crippen LogP contribution in [0.1, 0.15) is 47.0 Å². The first-order valence-electron chi connectivity index (χ1n) is 7.04. The summed E-state index contributed by atoms with van der Waals surface area (Å²) in [6.45, 7) is 8.70. The van der Waals surface area contributed by atoms with Crippen LogP contribution in [0.2, 0.25) is 0 Å². The average Bonchev–Trinajstić information content (AvgIpc) is 2.39. The number of carbonyl (C=O) groups is 2. The molecule has 112 valence electrons. The fourth-order valence-corrected chi connectivity index (χ4v) is 1.87. The molecule has 1 amide bonds. The van der Waals surface area contributed by atoms with Crippen molar-refractivity contribution in [3.63, 3.8) is 0 Å². The SMILES string of the molecule is CCCCCNC(=O)C(C)N(CC(=O)OC)C(C)C. The summed E-state index contributed by atoms with van der Waals surface area (Å²) in [7, 11) is 1.36. The van der Waals surface area contributed by atoms with E-state index in [0.29, 0.717) is 6.54 Å². The molecule has 0 heterocycles. The molecule has 0 saturated carbocycles. The number of nitrogens with zero attached hydrogens (tertiary/aromatic N) is 1. The molecule has 0 aliphatic heterocycles. The molecule has 0 bridgehead atoms. The molecular formula is C14H28N2O3. The molecule has 1 N–H and O–H groups in total. The minimum absolute atomic E-state index is 0.0336. The first-order valence-corrected chi connectivity index (χ1v) is 7.04. The van der Waals surface area contributed by atoms with Gasteiger partial charge in [-0.3, -0.25) is 14.5 Å². The Morgan fingerprint density at radius 1 is 1.21 bits per heavy atom. The highest BCUT2D eigenvalue weighted by atomic mass is 16.5. The predicted octanol–water partition coefficient (Wildman–Crippen LogP) is 1.56. The Labute approximate surface area is 116 Å². The monoisotopic (exact) mass is 272 g/mol. The standard InChI is InChI=1S/C14H28N2O3/c1-6-7-8-9-15-14(18)12(4)16(11(2)3)10-13(17)19-5/h11-12H,6-10H2,1-5H3,(H,15,18). The third-order valence-corrected chi connectivity index (χ3v) is 3.16. The summed E-state index contributed by atoms with van der Waals surface area (Å²) >= 11 is 0. The summed E-state index contributed by atoms with van der Waals surface area (Å²) < 4.78 is 4.66. The lowest BCUT2D eigenvalue weighted by Gasteiger charge is -2.30. The molecule has 0 rings (SSSR count). The Morgan fingerprint density at radius 2 is 1.84 bits per heavy atom. The van der Waals surface area contributed by atoms with E-state index in [4.69, 9.17) is 0 Å². The van der Waals surface area contributed by atoms with Crippen LogP contribution >= 0.6 is 0 Å². The normalized spacial score (nSPS) is 12.6. The van der Waals surface area contributed by atoms with Crippen LogP contribution in [0.15, 0.2) is 0 Å².